The Morgan fingerprint density at radius 2 is 1.80 bits per heavy atom. The Kier molecular flexibility index (Phi) is 5.04. The molecule has 2 nitrogen and oxygen atoms in total. The molecule has 1 rings (SSSR count). The molecule has 1 N–H and O–H groups in total. The van der Waals surface area contributed by atoms with E-state index in [0.29, 0.717) is 0 Å². The fourth-order valence-corrected chi connectivity index (χ4v) is 1.27. The summed E-state index contributed by atoms with van der Waals surface area (Å²) in [5.41, 5.74) is 0. The maximum absolute atomic E-state index is 3.27. The van der Waals surface area contributed by atoms with Gasteiger partial charge >= 0.3 is 0 Å². The Morgan fingerprint density at radius 1 is 1.30 bits per heavy atom. The molecular weight excluding hydrogens is 148 g/mol. The molecule has 0 aromatic rings. The summed E-state index contributed by atoms with van der Waals surface area (Å²) < 4.78 is 0. The van der Waals surface area contributed by atoms with Gasteiger partial charge in [0.05, 0.1) is 0 Å². The third kappa shape index (κ3) is 2.11. The van der Waals surface area contributed by atoms with Crippen molar-refractivity contribution in [2.45, 2.75) is 19.9 Å². The van der Waals surface area contributed by atoms with E-state index in [9.17, 15) is 0 Å². The summed E-state index contributed by atoms with van der Waals surface area (Å²) >= 11 is 0. The van der Waals surface area contributed by atoms with Crippen LogP contribution >= 0.6 is 12.4 Å². The monoisotopic (exact) mass is 164 g/mol. The lowest BCUT2D eigenvalue weighted by molar-refractivity contribution is 0.161. The van der Waals surface area contributed by atoms with E-state index in [1.807, 2.05) is 0 Å². The normalized spacial score (nSPS) is 18.3. The molecule has 3 heteroatoms. The zero-order valence-electron chi connectivity index (χ0n) is 6.76. The van der Waals surface area contributed by atoms with Gasteiger partial charge in [-0.05, 0) is 13.1 Å². The zero-order chi connectivity index (χ0) is 6.69. The Bertz CT molecular complexity index is 79.7. The molecule has 0 radical (unpaired) electrons. The lowest BCUT2D eigenvalue weighted by Crippen LogP contribution is -2.56. The highest BCUT2D eigenvalue weighted by atomic mass is 35.5. The molecule has 0 bridgehead atoms. The van der Waals surface area contributed by atoms with Gasteiger partial charge in [-0.2, -0.15) is 0 Å². The molecule has 0 atom stereocenters. The van der Waals surface area contributed by atoms with Crippen LogP contribution in [0.4, 0.5) is 0 Å². The highest BCUT2D eigenvalue weighted by Gasteiger charge is 2.21. The van der Waals surface area contributed by atoms with Gasteiger partial charge in [0.2, 0.25) is 0 Å². The number of nitrogens with one attached hydrogen (secondary N) is 1. The van der Waals surface area contributed by atoms with Crippen LogP contribution in [0.25, 0.3) is 0 Å². The largest absolute Gasteiger partial charge is 0.314 e. The van der Waals surface area contributed by atoms with Crippen molar-refractivity contribution in [2.24, 2.45) is 0 Å². The molecule has 0 saturated carbocycles. The van der Waals surface area contributed by atoms with Gasteiger partial charge in [0, 0.05) is 19.1 Å². The highest BCUT2D eigenvalue weighted by molar-refractivity contribution is 5.85. The van der Waals surface area contributed by atoms with E-state index in [1.165, 1.54) is 26.2 Å². The maximum atomic E-state index is 3.27. The van der Waals surface area contributed by atoms with Crippen molar-refractivity contribution >= 4 is 12.4 Å². The van der Waals surface area contributed by atoms with Gasteiger partial charge in [-0.1, -0.05) is 13.8 Å². The van der Waals surface area contributed by atoms with Gasteiger partial charge < -0.3 is 5.32 Å². The van der Waals surface area contributed by atoms with Crippen LogP contribution in [0.1, 0.15) is 13.8 Å². The summed E-state index contributed by atoms with van der Waals surface area (Å²) in [4.78, 5) is 2.50. The molecule has 1 heterocycles. The molecule has 0 aromatic carbocycles. The Hall–Kier alpha value is 0.210. The third-order valence-corrected chi connectivity index (χ3v) is 2.09. The zero-order valence-corrected chi connectivity index (χ0v) is 7.58. The summed E-state index contributed by atoms with van der Waals surface area (Å²) in [6.07, 6.45) is 0. The summed E-state index contributed by atoms with van der Waals surface area (Å²) in [5, 5.41) is 3.27. The van der Waals surface area contributed by atoms with Gasteiger partial charge in [0.15, 0.2) is 0 Å². The van der Waals surface area contributed by atoms with Crippen LogP contribution in [0.15, 0.2) is 0 Å². The summed E-state index contributed by atoms with van der Waals surface area (Å²) in [7, 11) is 0. The molecule has 1 aliphatic rings. The molecule has 0 aliphatic carbocycles. The molecule has 10 heavy (non-hydrogen) atoms. The van der Waals surface area contributed by atoms with Gasteiger partial charge in [-0.25, -0.2) is 0 Å². The minimum atomic E-state index is 0. The summed E-state index contributed by atoms with van der Waals surface area (Å²) in [6, 6.07) is 0.833. The Morgan fingerprint density at radius 3 is 1.90 bits per heavy atom. The van der Waals surface area contributed by atoms with E-state index in [1.54, 1.807) is 0 Å². The van der Waals surface area contributed by atoms with Crippen molar-refractivity contribution in [1.82, 2.24) is 10.2 Å². The van der Waals surface area contributed by atoms with Crippen LogP contribution in [0, 0.1) is 0 Å². The van der Waals surface area contributed by atoms with Crippen LogP contribution in [0.5, 0.6) is 0 Å². The first-order valence-electron chi connectivity index (χ1n) is 3.83. The SMILES string of the molecule is CCN(CC)C1CNC1.Cl. The van der Waals surface area contributed by atoms with E-state index in [0.717, 1.165) is 6.04 Å². The number of halogens is 1. The molecule has 0 spiro atoms. The second-order valence-electron chi connectivity index (χ2n) is 2.53. The van der Waals surface area contributed by atoms with Crippen molar-refractivity contribution in [3.8, 4) is 0 Å². The van der Waals surface area contributed by atoms with Crippen LogP contribution in [0.3, 0.4) is 0 Å². The van der Waals surface area contributed by atoms with Gasteiger partial charge in [0.25, 0.3) is 0 Å². The van der Waals surface area contributed by atoms with Crippen molar-refractivity contribution < 1.29 is 0 Å². The molecule has 62 valence electrons. The second-order valence-corrected chi connectivity index (χ2v) is 2.53. The smallest absolute Gasteiger partial charge is 0.0345 e. The topological polar surface area (TPSA) is 15.3 Å². The molecule has 1 aliphatic heterocycles. The standard InChI is InChI=1S/C7H16N2.ClH/c1-3-9(4-2)7-5-8-6-7;/h7-8H,3-6H2,1-2H3;1H. The van der Waals surface area contributed by atoms with E-state index in [-0.39, 0.29) is 12.4 Å². The molecular formula is C7H17ClN2. The van der Waals surface area contributed by atoms with E-state index < -0.39 is 0 Å². The first-order valence-corrected chi connectivity index (χ1v) is 3.83. The van der Waals surface area contributed by atoms with Crippen LogP contribution in [0.2, 0.25) is 0 Å². The van der Waals surface area contributed by atoms with Crippen LogP contribution in [-0.2, 0) is 0 Å². The van der Waals surface area contributed by atoms with E-state index in [2.05, 4.69) is 24.1 Å². The lowest BCUT2D eigenvalue weighted by atomic mass is 10.1. The average Bonchev–Trinajstić information content (AvgIpc) is 1.78. The Labute approximate surface area is 69.4 Å². The van der Waals surface area contributed by atoms with Crippen LogP contribution < -0.4 is 5.32 Å². The fraction of sp³-hybridized carbons (Fsp3) is 1.00. The molecule has 0 amide bonds. The predicted octanol–water partition coefficient (Wildman–Crippen LogP) is 0.722. The highest BCUT2D eigenvalue weighted by Crippen LogP contribution is 2.02. The minimum Gasteiger partial charge on any atom is -0.314 e. The molecule has 0 unspecified atom stereocenters. The summed E-state index contributed by atoms with van der Waals surface area (Å²) in [6.45, 7) is 9.23. The Balaban J connectivity index is 0.000000810. The number of hydrogen-bond donors (Lipinski definition) is 1. The van der Waals surface area contributed by atoms with Gasteiger partial charge in [-0.3, -0.25) is 4.90 Å². The van der Waals surface area contributed by atoms with Crippen molar-refractivity contribution in [3.05, 3.63) is 0 Å². The predicted molar refractivity (Wildman–Crippen MR) is 46.8 cm³/mol. The third-order valence-electron chi connectivity index (χ3n) is 2.09. The number of rotatable bonds is 3. The quantitative estimate of drug-likeness (QED) is 0.662. The van der Waals surface area contributed by atoms with Crippen molar-refractivity contribution in [3.63, 3.8) is 0 Å². The summed E-state index contributed by atoms with van der Waals surface area (Å²) in [5.74, 6) is 0. The van der Waals surface area contributed by atoms with Crippen LogP contribution in [-0.4, -0.2) is 37.1 Å². The van der Waals surface area contributed by atoms with E-state index >= 15 is 0 Å². The maximum Gasteiger partial charge on any atom is 0.0345 e. The van der Waals surface area contributed by atoms with Gasteiger partial charge in [-0.15, -0.1) is 12.4 Å². The number of hydrogen-bond acceptors (Lipinski definition) is 2. The first-order chi connectivity index (χ1) is 4.38. The van der Waals surface area contributed by atoms with E-state index in [4.69, 9.17) is 0 Å². The average molecular weight is 165 g/mol. The molecule has 0 aromatic heterocycles. The fourth-order valence-electron chi connectivity index (χ4n) is 1.27. The number of nitrogens with zero attached hydrogens (tertiary/aromatic N) is 1. The van der Waals surface area contributed by atoms with Gasteiger partial charge in [0.1, 0.15) is 0 Å². The molecule has 1 fully saturated rings. The number of likely N-dealkylation sites (N-methyl/N-ethyl adjacent to an activating group) is 1. The first kappa shape index (κ1) is 10.2. The van der Waals surface area contributed by atoms with Crippen molar-refractivity contribution in [1.29, 1.82) is 0 Å². The van der Waals surface area contributed by atoms with Crippen molar-refractivity contribution in [2.75, 3.05) is 26.2 Å². The minimum absolute atomic E-state index is 0. The lowest BCUT2D eigenvalue weighted by Gasteiger charge is -2.36. The molecule has 1 saturated heterocycles. The second kappa shape index (κ2) is 4.94.